The first-order chi connectivity index (χ1) is 8.08. The predicted molar refractivity (Wildman–Crippen MR) is 56.4 cm³/mol. The number of methoxy groups -OCH3 is 1. The first-order valence-electron chi connectivity index (χ1n) is 5.02. The van der Waals surface area contributed by atoms with Crippen LogP contribution in [0.5, 0.6) is 0 Å². The van der Waals surface area contributed by atoms with E-state index < -0.39 is 24.5 Å². The average Bonchev–Trinajstić information content (AvgIpc) is 2.35. The molecule has 1 fully saturated rings. The van der Waals surface area contributed by atoms with E-state index in [-0.39, 0.29) is 19.7 Å². The Hall–Kier alpha value is -1.60. The summed E-state index contributed by atoms with van der Waals surface area (Å²) in [6.07, 6.45) is -1.05. The molecule has 0 aromatic carbocycles. The van der Waals surface area contributed by atoms with E-state index >= 15 is 0 Å². The summed E-state index contributed by atoms with van der Waals surface area (Å²) in [5, 5.41) is 8.85. The minimum atomic E-state index is -1.15. The lowest BCUT2D eigenvalue weighted by Gasteiger charge is -2.34. The third-order valence-electron chi connectivity index (χ3n) is 2.19. The van der Waals surface area contributed by atoms with Crippen LogP contribution in [0.3, 0.4) is 0 Å². The lowest BCUT2D eigenvalue weighted by Crippen LogP contribution is -2.53. The average molecular weight is 245 g/mol. The number of nitrogens with zero attached hydrogens (tertiary/aromatic N) is 1. The van der Waals surface area contributed by atoms with Gasteiger partial charge in [0.15, 0.2) is 12.4 Å². The fourth-order valence-corrected chi connectivity index (χ4v) is 1.36. The second kappa shape index (κ2) is 6.21. The highest BCUT2D eigenvalue weighted by molar-refractivity contribution is 5.75. The molecule has 0 aliphatic carbocycles. The number of rotatable bonds is 4. The van der Waals surface area contributed by atoms with E-state index in [1.54, 1.807) is 0 Å². The zero-order valence-corrected chi connectivity index (χ0v) is 9.50. The molecule has 0 spiro atoms. The van der Waals surface area contributed by atoms with Crippen LogP contribution in [-0.2, 0) is 19.0 Å². The second-order valence-electron chi connectivity index (χ2n) is 3.40. The van der Waals surface area contributed by atoms with Crippen molar-refractivity contribution in [3.05, 3.63) is 12.7 Å². The van der Waals surface area contributed by atoms with Crippen molar-refractivity contribution >= 4 is 12.1 Å². The molecule has 0 saturated carbocycles. The largest absolute Gasteiger partial charge is 0.479 e. The maximum absolute atomic E-state index is 11.5. The van der Waals surface area contributed by atoms with Gasteiger partial charge < -0.3 is 19.3 Å². The molecule has 0 aromatic heterocycles. The summed E-state index contributed by atoms with van der Waals surface area (Å²) in [5.74, 6) is -1.15. The molecule has 1 amide bonds. The molecule has 0 unspecified atom stereocenters. The lowest BCUT2D eigenvalue weighted by atomic mass is 10.3. The van der Waals surface area contributed by atoms with Gasteiger partial charge in [0.1, 0.15) is 6.61 Å². The molecule has 1 rings (SSSR count). The van der Waals surface area contributed by atoms with Gasteiger partial charge in [-0.1, -0.05) is 12.7 Å². The van der Waals surface area contributed by atoms with Crippen molar-refractivity contribution < 1.29 is 28.9 Å². The highest BCUT2D eigenvalue weighted by atomic mass is 16.7. The molecule has 7 nitrogen and oxygen atoms in total. The van der Waals surface area contributed by atoms with Crippen LogP contribution in [0.15, 0.2) is 12.7 Å². The monoisotopic (exact) mass is 245 g/mol. The van der Waals surface area contributed by atoms with E-state index in [1.807, 2.05) is 0 Å². The van der Waals surface area contributed by atoms with Crippen LogP contribution in [0.2, 0.25) is 0 Å². The molecule has 1 aliphatic heterocycles. The third kappa shape index (κ3) is 3.72. The van der Waals surface area contributed by atoms with E-state index in [1.165, 1.54) is 18.1 Å². The van der Waals surface area contributed by atoms with Crippen molar-refractivity contribution in [2.24, 2.45) is 0 Å². The van der Waals surface area contributed by atoms with Crippen molar-refractivity contribution in [2.45, 2.75) is 12.4 Å². The number of ether oxygens (including phenoxy) is 3. The van der Waals surface area contributed by atoms with Crippen LogP contribution in [0.1, 0.15) is 0 Å². The van der Waals surface area contributed by atoms with Gasteiger partial charge in [-0.2, -0.15) is 0 Å². The van der Waals surface area contributed by atoms with Gasteiger partial charge >= 0.3 is 12.1 Å². The highest BCUT2D eigenvalue weighted by Crippen LogP contribution is 2.13. The van der Waals surface area contributed by atoms with Crippen LogP contribution < -0.4 is 0 Å². The number of morpholine rings is 1. The van der Waals surface area contributed by atoms with Crippen LogP contribution in [0.25, 0.3) is 0 Å². The Morgan fingerprint density at radius 1 is 1.59 bits per heavy atom. The Kier molecular flexibility index (Phi) is 4.92. The van der Waals surface area contributed by atoms with E-state index in [0.29, 0.717) is 0 Å². The smallest absolute Gasteiger partial charge is 0.410 e. The van der Waals surface area contributed by atoms with E-state index in [4.69, 9.17) is 19.3 Å². The fraction of sp³-hybridized carbons (Fsp3) is 0.600. The first-order valence-corrected chi connectivity index (χ1v) is 5.02. The Bertz CT molecular complexity index is 305. The molecule has 2 atom stereocenters. The molecule has 7 heteroatoms. The minimum Gasteiger partial charge on any atom is -0.479 e. The van der Waals surface area contributed by atoms with Crippen LogP contribution in [-0.4, -0.2) is 61.3 Å². The number of carboxylic acid groups (broad SMARTS) is 1. The summed E-state index contributed by atoms with van der Waals surface area (Å²) < 4.78 is 14.8. The molecule has 96 valence electrons. The van der Waals surface area contributed by atoms with Gasteiger partial charge in [-0.25, -0.2) is 9.59 Å². The molecule has 1 heterocycles. The van der Waals surface area contributed by atoms with Crippen LogP contribution >= 0.6 is 0 Å². The van der Waals surface area contributed by atoms with E-state index in [9.17, 15) is 9.59 Å². The fourth-order valence-electron chi connectivity index (χ4n) is 1.36. The molecule has 1 N–H and O–H groups in total. The predicted octanol–water partition coefficient (Wildman–Crippen LogP) is 0.0669. The number of carbonyl (C=O) groups is 2. The Labute approximate surface area is 98.5 Å². The van der Waals surface area contributed by atoms with Gasteiger partial charge in [0.05, 0.1) is 13.1 Å². The molecule has 17 heavy (non-hydrogen) atoms. The number of aliphatic carboxylic acids is 1. The number of hydrogen-bond acceptors (Lipinski definition) is 5. The first kappa shape index (κ1) is 13.5. The van der Waals surface area contributed by atoms with Crippen molar-refractivity contribution in [3.63, 3.8) is 0 Å². The summed E-state index contributed by atoms with van der Waals surface area (Å²) in [6, 6.07) is 0. The summed E-state index contributed by atoms with van der Waals surface area (Å²) in [7, 11) is 1.38. The molecule has 0 radical (unpaired) electrons. The van der Waals surface area contributed by atoms with Crippen molar-refractivity contribution in [3.8, 4) is 0 Å². The standard InChI is InChI=1S/C10H15NO6/c1-3-4-16-10(14)11-5-7(9(12)13)17-8(6-11)15-2/h3,7-8H,1,4-6H2,2H3,(H,12,13)/t7-,8-/m0/s1. The zero-order valence-electron chi connectivity index (χ0n) is 9.50. The van der Waals surface area contributed by atoms with E-state index in [0.717, 1.165) is 0 Å². The Balaban J connectivity index is 2.61. The van der Waals surface area contributed by atoms with Gasteiger partial charge in [-0.3, -0.25) is 4.90 Å². The zero-order chi connectivity index (χ0) is 12.8. The van der Waals surface area contributed by atoms with Crippen LogP contribution in [0.4, 0.5) is 4.79 Å². The SMILES string of the molecule is C=CCOC(=O)N1C[C@@H](OC)O[C@H](C(=O)O)C1. The molecule has 1 aliphatic rings. The lowest BCUT2D eigenvalue weighted by molar-refractivity contribution is -0.205. The third-order valence-corrected chi connectivity index (χ3v) is 2.19. The number of carbonyl (C=O) groups excluding carboxylic acids is 1. The summed E-state index contributed by atoms with van der Waals surface area (Å²) in [5.41, 5.74) is 0. The normalized spacial score (nSPS) is 24.2. The number of amides is 1. The Morgan fingerprint density at radius 2 is 2.29 bits per heavy atom. The van der Waals surface area contributed by atoms with Crippen molar-refractivity contribution in [1.29, 1.82) is 0 Å². The summed E-state index contributed by atoms with van der Waals surface area (Å²) >= 11 is 0. The van der Waals surface area contributed by atoms with Gasteiger partial charge in [0.2, 0.25) is 0 Å². The molecular formula is C10H15NO6. The topological polar surface area (TPSA) is 85.3 Å². The summed E-state index contributed by atoms with van der Waals surface area (Å²) in [6.45, 7) is 3.56. The second-order valence-corrected chi connectivity index (χ2v) is 3.40. The number of carboxylic acids is 1. The van der Waals surface area contributed by atoms with Gasteiger partial charge in [0.25, 0.3) is 0 Å². The summed E-state index contributed by atoms with van der Waals surface area (Å²) in [4.78, 5) is 23.6. The molecule has 1 saturated heterocycles. The van der Waals surface area contributed by atoms with Crippen LogP contribution in [0, 0.1) is 0 Å². The van der Waals surface area contributed by atoms with Gasteiger partial charge in [0, 0.05) is 7.11 Å². The van der Waals surface area contributed by atoms with Crippen molar-refractivity contribution in [2.75, 3.05) is 26.8 Å². The molecule has 0 bridgehead atoms. The highest BCUT2D eigenvalue weighted by Gasteiger charge is 2.35. The minimum absolute atomic E-state index is 0.0643. The molecular weight excluding hydrogens is 230 g/mol. The van der Waals surface area contributed by atoms with Gasteiger partial charge in [-0.05, 0) is 0 Å². The maximum atomic E-state index is 11.5. The maximum Gasteiger partial charge on any atom is 0.410 e. The van der Waals surface area contributed by atoms with E-state index in [2.05, 4.69) is 6.58 Å². The quantitative estimate of drug-likeness (QED) is 0.705. The number of hydrogen-bond donors (Lipinski definition) is 1. The molecule has 0 aromatic rings. The Morgan fingerprint density at radius 3 is 2.82 bits per heavy atom. The van der Waals surface area contributed by atoms with Gasteiger partial charge in [-0.15, -0.1) is 0 Å². The van der Waals surface area contributed by atoms with Crippen molar-refractivity contribution in [1.82, 2.24) is 4.90 Å².